The number of benzene rings is 2. The van der Waals surface area contributed by atoms with E-state index >= 15 is 8.78 Å². The van der Waals surface area contributed by atoms with Crippen LogP contribution in [0.1, 0.15) is 5.56 Å². The highest BCUT2D eigenvalue weighted by atomic mass is 32.2. The summed E-state index contributed by atoms with van der Waals surface area (Å²) >= 11 is 0. The molecule has 0 amide bonds. The highest BCUT2D eigenvalue weighted by Gasteiger charge is 2.48. The predicted molar refractivity (Wildman–Crippen MR) is 112 cm³/mol. The van der Waals surface area contributed by atoms with Crippen LogP contribution in [0.2, 0.25) is 0 Å². The molecule has 10 heteroatoms. The van der Waals surface area contributed by atoms with Crippen LogP contribution in [0.25, 0.3) is 11.1 Å². The third-order valence-corrected chi connectivity index (χ3v) is 6.80. The summed E-state index contributed by atoms with van der Waals surface area (Å²) in [5, 5.41) is -4.10. The van der Waals surface area contributed by atoms with Crippen molar-refractivity contribution in [2.24, 2.45) is 0 Å². The van der Waals surface area contributed by atoms with Crippen LogP contribution in [0.4, 0.5) is 20.4 Å². The Morgan fingerprint density at radius 2 is 1.61 bits per heavy atom. The van der Waals surface area contributed by atoms with E-state index in [9.17, 15) is 8.42 Å². The number of hydrogen-bond donors (Lipinski definition) is 1. The van der Waals surface area contributed by atoms with Crippen molar-refractivity contribution in [3.05, 3.63) is 66.5 Å². The SMILES string of the molecule is Nc1ncc(-c2cc(N3CCOCC3)cc(S(=O)(=O)C(F)(F)c3ccccc3)c2)cn1. The number of alkyl halides is 2. The van der Waals surface area contributed by atoms with Crippen LogP contribution in [0, 0.1) is 0 Å². The number of rotatable bonds is 5. The average molecular weight is 446 g/mol. The number of nitrogens with zero attached hydrogens (tertiary/aromatic N) is 3. The van der Waals surface area contributed by atoms with E-state index in [0.29, 0.717) is 43.1 Å². The number of nitrogens with two attached hydrogens (primary N) is 1. The summed E-state index contributed by atoms with van der Waals surface area (Å²) in [6, 6.07) is 10.7. The number of nitrogen functional groups attached to an aromatic ring is 1. The summed E-state index contributed by atoms with van der Waals surface area (Å²) in [7, 11) is -5.05. The smallest absolute Gasteiger partial charge is 0.375 e. The average Bonchev–Trinajstić information content (AvgIpc) is 2.80. The van der Waals surface area contributed by atoms with Gasteiger partial charge in [-0.3, -0.25) is 0 Å². The van der Waals surface area contributed by atoms with Crippen LogP contribution < -0.4 is 10.6 Å². The highest BCUT2D eigenvalue weighted by molar-refractivity contribution is 7.92. The van der Waals surface area contributed by atoms with Gasteiger partial charge in [0.05, 0.1) is 18.1 Å². The second-order valence-corrected chi connectivity index (χ2v) is 9.02. The molecule has 1 aliphatic rings. The third-order valence-electron chi connectivity index (χ3n) is 5.03. The van der Waals surface area contributed by atoms with Crippen LogP contribution in [0.5, 0.6) is 0 Å². The monoisotopic (exact) mass is 446 g/mol. The first kappa shape index (κ1) is 21.1. The summed E-state index contributed by atoms with van der Waals surface area (Å²) in [5.74, 6) is 0.0524. The van der Waals surface area contributed by atoms with E-state index in [1.54, 1.807) is 12.1 Å². The number of anilines is 2. The lowest BCUT2D eigenvalue weighted by Gasteiger charge is -2.30. The molecule has 2 heterocycles. The summed E-state index contributed by atoms with van der Waals surface area (Å²) in [6.45, 7) is 1.93. The fraction of sp³-hybridized carbons (Fsp3) is 0.238. The summed E-state index contributed by atoms with van der Waals surface area (Å²) < 4.78 is 61.7. The lowest BCUT2D eigenvalue weighted by molar-refractivity contribution is 0.0905. The largest absolute Gasteiger partial charge is 0.378 e. The molecule has 0 aliphatic carbocycles. The molecule has 1 saturated heterocycles. The zero-order valence-electron chi connectivity index (χ0n) is 16.4. The number of ether oxygens (including phenoxy) is 1. The molecule has 2 N–H and O–H groups in total. The zero-order chi connectivity index (χ0) is 22.1. The van der Waals surface area contributed by atoms with Gasteiger partial charge in [0, 0.05) is 42.3 Å². The zero-order valence-corrected chi connectivity index (χ0v) is 17.2. The molecule has 2 aromatic carbocycles. The molecule has 31 heavy (non-hydrogen) atoms. The Hall–Kier alpha value is -3.11. The first-order valence-electron chi connectivity index (χ1n) is 9.53. The van der Waals surface area contributed by atoms with Gasteiger partial charge in [0.2, 0.25) is 15.8 Å². The van der Waals surface area contributed by atoms with Gasteiger partial charge < -0.3 is 15.4 Å². The molecule has 1 fully saturated rings. The predicted octanol–water partition coefficient (Wildman–Crippen LogP) is 3.09. The van der Waals surface area contributed by atoms with Crippen LogP contribution >= 0.6 is 0 Å². The maximum absolute atomic E-state index is 15.1. The van der Waals surface area contributed by atoms with Crippen LogP contribution in [0.15, 0.2) is 65.8 Å². The molecule has 3 aromatic rings. The van der Waals surface area contributed by atoms with E-state index in [4.69, 9.17) is 10.5 Å². The van der Waals surface area contributed by atoms with Gasteiger partial charge in [-0.15, -0.1) is 0 Å². The van der Waals surface area contributed by atoms with Gasteiger partial charge in [0.25, 0.3) is 0 Å². The third kappa shape index (κ3) is 4.08. The Labute approximate surface area is 178 Å². The van der Waals surface area contributed by atoms with Crippen molar-refractivity contribution in [3.63, 3.8) is 0 Å². The topological polar surface area (TPSA) is 98.4 Å². The van der Waals surface area contributed by atoms with Crippen molar-refractivity contribution in [3.8, 4) is 11.1 Å². The van der Waals surface area contributed by atoms with Crippen molar-refractivity contribution in [2.75, 3.05) is 36.9 Å². The molecular weight excluding hydrogens is 426 g/mol. The number of halogens is 2. The Morgan fingerprint density at radius 1 is 0.968 bits per heavy atom. The number of hydrogen-bond acceptors (Lipinski definition) is 7. The molecule has 4 rings (SSSR count). The van der Waals surface area contributed by atoms with Crippen molar-refractivity contribution in [1.82, 2.24) is 9.97 Å². The highest BCUT2D eigenvalue weighted by Crippen LogP contribution is 2.41. The number of sulfone groups is 1. The summed E-state index contributed by atoms with van der Waals surface area (Å²) in [6.07, 6.45) is 2.85. The van der Waals surface area contributed by atoms with Gasteiger partial charge in [0.15, 0.2) is 0 Å². The molecule has 0 unspecified atom stereocenters. The van der Waals surface area contributed by atoms with E-state index in [-0.39, 0.29) is 5.95 Å². The first-order valence-corrected chi connectivity index (χ1v) is 11.0. The second kappa shape index (κ2) is 8.20. The van der Waals surface area contributed by atoms with Crippen molar-refractivity contribution in [2.45, 2.75) is 10.2 Å². The normalized spacial score (nSPS) is 15.1. The summed E-state index contributed by atoms with van der Waals surface area (Å²) in [4.78, 5) is 9.25. The molecule has 1 aromatic heterocycles. The molecule has 1 aliphatic heterocycles. The van der Waals surface area contributed by atoms with Gasteiger partial charge in [-0.1, -0.05) is 30.3 Å². The van der Waals surface area contributed by atoms with E-state index in [1.807, 2.05) is 4.90 Å². The maximum Gasteiger partial charge on any atom is 0.375 e. The van der Waals surface area contributed by atoms with Crippen LogP contribution in [0.3, 0.4) is 0 Å². The second-order valence-electron chi connectivity index (χ2n) is 7.03. The minimum atomic E-state index is -5.05. The molecule has 7 nitrogen and oxygen atoms in total. The lowest BCUT2D eigenvalue weighted by Crippen LogP contribution is -2.36. The van der Waals surface area contributed by atoms with E-state index < -0.39 is 25.6 Å². The molecule has 0 saturated carbocycles. The first-order chi connectivity index (χ1) is 14.8. The maximum atomic E-state index is 15.1. The van der Waals surface area contributed by atoms with Gasteiger partial charge in [-0.25, -0.2) is 18.4 Å². The molecule has 0 atom stereocenters. The van der Waals surface area contributed by atoms with Crippen LogP contribution in [-0.2, 0) is 19.8 Å². The fourth-order valence-electron chi connectivity index (χ4n) is 3.33. The minimum absolute atomic E-state index is 0.0524. The van der Waals surface area contributed by atoms with E-state index in [2.05, 4.69) is 9.97 Å². The number of morpholine rings is 1. The van der Waals surface area contributed by atoms with Gasteiger partial charge in [0.1, 0.15) is 0 Å². The van der Waals surface area contributed by atoms with Gasteiger partial charge >= 0.3 is 5.25 Å². The van der Waals surface area contributed by atoms with Crippen LogP contribution in [-0.4, -0.2) is 44.7 Å². The lowest BCUT2D eigenvalue weighted by atomic mass is 10.1. The van der Waals surface area contributed by atoms with E-state index in [0.717, 1.165) is 12.1 Å². The molecular formula is C21H20F2N4O3S. The Kier molecular flexibility index (Phi) is 5.59. The molecule has 162 valence electrons. The Bertz CT molecular complexity index is 1170. The quantitative estimate of drug-likeness (QED) is 0.643. The van der Waals surface area contributed by atoms with Crippen molar-refractivity contribution in [1.29, 1.82) is 0 Å². The van der Waals surface area contributed by atoms with Crippen molar-refractivity contribution < 1.29 is 21.9 Å². The summed E-state index contributed by atoms with van der Waals surface area (Å²) in [5.41, 5.74) is 6.30. The van der Waals surface area contributed by atoms with Crippen molar-refractivity contribution >= 4 is 21.5 Å². The molecule has 0 radical (unpaired) electrons. The standard InChI is InChI=1S/C21H20F2N4O3S/c22-21(23,17-4-2-1-3-5-17)31(28,29)19-11-15(16-13-25-20(24)26-14-16)10-18(12-19)27-6-8-30-9-7-27/h1-5,10-14H,6-9H2,(H2,24,25,26). The fourth-order valence-corrected chi connectivity index (χ4v) is 4.63. The Morgan fingerprint density at radius 3 is 2.26 bits per heavy atom. The molecule has 0 spiro atoms. The van der Waals surface area contributed by atoms with Gasteiger partial charge in [-0.2, -0.15) is 8.78 Å². The van der Waals surface area contributed by atoms with Gasteiger partial charge in [-0.05, 0) is 23.8 Å². The van der Waals surface area contributed by atoms with E-state index in [1.165, 1.54) is 36.7 Å². The minimum Gasteiger partial charge on any atom is -0.378 e. The Balaban J connectivity index is 1.86. The molecule has 0 bridgehead atoms. The number of aromatic nitrogens is 2.